The van der Waals surface area contributed by atoms with Crippen molar-refractivity contribution in [1.82, 2.24) is 0 Å². The SMILES string of the molecule is C[C@H]1c2ccccc2C[C@@H]1N. The summed E-state index contributed by atoms with van der Waals surface area (Å²) in [5.74, 6) is 0.547. The van der Waals surface area contributed by atoms with Crippen LogP contribution in [-0.4, -0.2) is 6.04 Å². The van der Waals surface area contributed by atoms with Crippen molar-refractivity contribution in [3.05, 3.63) is 35.4 Å². The van der Waals surface area contributed by atoms with E-state index >= 15 is 0 Å². The van der Waals surface area contributed by atoms with Crippen molar-refractivity contribution >= 4 is 0 Å². The minimum atomic E-state index is 0.340. The molecule has 1 aliphatic carbocycles. The second-order valence-corrected chi connectivity index (χ2v) is 3.36. The molecule has 1 heteroatoms. The van der Waals surface area contributed by atoms with Crippen LogP contribution >= 0.6 is 0 Å². The van der Waals surface area contributed by atoms with Crippen molar-refractivity contribution in [3.63, 3.8) is 0 Å². The van der Waals surface area contributed by atoms with Crippen LogP contribution in [0.2, 0.25) is 0 Å². The maximum absolute atomic E-state index is 5.93. The minimum Gasteiger partial charge on any atom is -0.327 e. The first-order valence-electron chi connectivity index (χ1n) is 4.12. The maximum atomic E-state index is 5.93. The van der Waals surface area contributed by atoms with E-state index in [1.807, 2.05) is 0 Å². The van der Waals surface area contributed by atoms with Gasteiger partial charge in [-0.05, 0) is 23.5 Å². The lowest BCUT2D eigenvalue weighted by Crippen LogP contribution is -2.22. The topological polar surface area (TPSA) is 26.0 Å². The monoisotopic (exact) mass is 147 g/mol. The largest absolute Gasteiger partial charge is 0.327 e. The van der Waals surface area contributed by atoms with Crippen LogP contribution < -0.4 is 5.73 Å². The van der Waals surface area contributed by atoms with E-state index in [9.17, 15) is 0 Å². The van der Waals surface area contributed by atoms with E-state index in [1.165, 1.54) is 11.1 Å². The van der Waals surface area contributed by atoms with Gasteiger partial charge in [0.15, 0.2) is 0 Å². The van der Waals surface area contributed by atoms with Gasteiger partial charge in [-0.3, -0.25) is 0 Å². The molecule has 2 rings (SSSR count). The van der Waals surface area contributed by atoms with Crippen molar-refractivity contribution < 1.29 is 0 Å². The summed E-state index contributed by atoms with van der Waals surface area (Å²) in [7, 11) is 0. The summed E-state index contributed by atoms with van der Waals surface area (Å²) in [5, 5.41) is 0. The fraction of sp³-hybridized carbons (Fsp3) is 0.400. The molecule has 2 N–H and O–H groups in total. The summed E-state index contributed by atoms with van der Waals surface area (Å²) < 4.78 is 0. The second-order valence-electron chi connectivity index (χ2n) is 3.36. The van der Waals surface area contributed by atoms with Gasteiger partial charge >= 0.3 is 0 Å². The number of rotatable bonds is 0. The predicted molar refractivity (Wildman–Crippen MR) is 46.5 cm³/mol. The van der Waals surface area contributed by atoms with Gasteiger partial charge in [0.25, 0.3) is 0 Å². The Hall–Kier alpha value is -0.820. The molecular formula is C10H13N. The first-order valence-corrected chi connectivity index (χ1v) is 4.12. The van der Waals surface area contributed by atoms with Crippen molar-refractivity contribution in [2.45, 2.75) is 25.3 Å². The van der Waals surface area contributed by atoms with Gasteiger partial charge in [0.1, 0.15) is 0 Å². The zero-order valence-corrected chi connectivity index (χ0v) is 6.75. The van der Waals surface area contributed by atoms with Crippen LogP contribution in [0.15, 0.2) is 24.3 Å². The van der Waals surface area contributed by atoms with Gasteiger partial charge in [-0.1, -0.05) is 31.2 Å². The van der Waals surface area contributed by atoms with Gasteiger partial charge in [0.2, 0.25) is 0 Å². The molecular weight excluding hydrogens is 134 g/mol. The highest BCUT2D eigenvalue weighted by atomic mass is 14.7. The van der Waals surface area contributed by atoms with E-state index in [2.05, 4.69) is 31.2 Å². The summed E-state index contributed by atoms with van der Waals surface area (Å²) in [6, 6.07) is 8.88. The zero-order chi connectivity index (χ0) is 7.84. The Morgan fingerprint density at radius 2 is 2.09 bits per heavy atom. The van der Waals surface area contributed by atoms with Gasteiger partial charge in [-0.2, -0.15) is 0 Å². The highest BCUT2D eigenvalue weighted by Crippen LogP contribution is 2.30. The first kappa shape index (κ1) is 6.86. The lowest BCUT2D eigenvalue weighted by atomic mass is 10.0. The summed E-state index contributed by atoms with van der Waals surface area (Å²) in [6.07, 6.45) is 1.05. The Morgan fingerprint density at radius 1 is 1.36 bits per heavy atom. The van der Waals surface area contributed by atoms with E-state index in [0.29, 0.717) is 12.0 Å². The van der Waals surface area contributed by atoms with Gasteiger partial charge in [0, 0.05) is 6.04 Å². The van der Waals surface area contributed by atoms with E-state index in [1.54, 1.807) is 0 Å². The van der Waals surface area contributed by atoms with Crippen molar-refractivity contribution in [2.24, 2.45) is 5.73 Å². The van der Waals surface area contributed by atoms with Crippen molar-refractivity contribution in [1.29, 1.82) is 0 Å². The lowest BCUT2D eigenvalue weighted by molar-refractivity contribution is 0.615. The molecule has 0 amide bonds. The Balaban J connectivity index is 2.47. The number of hydrogen-bond acceptors (Lipinski definition) is 1. The van der Waals surface area contributed by atoms with Gasteiger partial charge in [0.05, 0.1) is 0 Å². The van der Waals surface area contributed by atoms with Crippen LogP contribution in [0.4, 0.5) is 0 Å². The van der Waals surface area contributed by atoms with Gasteiger partial charge in [-0.15, -0.1) is 0 Å². The molecule has 0 saturated heterocycles. The molecule has 0 spiro atoms. The Kier molecular flexibility index (Phi) is 1.46. The van der Waals surface area contributed by atoms with Crippen LogP contribution in [0.1, 0.15) is 24.0 Å². The summed E-state index contributed by atoms with van der Waals surface area (Å²) in [5.41, 5.74) is 8.81. The molecule has 1 aliphatic rings. The minimum absolute atomic E-state index is 0.340. The predicted octanol–water partition coefficient (Wildman–Crippen LogP) is 1.67. The van der Waals surface area contributed by atoms with Crippen LogP contribution in [0.25, 0.3) is 0 Å². The van der Waals surface area contributed by atoms with Gasteiger partial charge in [-0.25, -0.2) is 0 Å². The van der Waals surface area contributed by atoms with E-state index in [4.69, 9.17) is 5.73 Å². The highest BCUT2D eigenvalue weighted by Gasteiger charge is 2.24. The quantitative estimate of drug-likeness (QED) is 0.593. The molecule has 1 aromatic carbocycles. The normalized spacial score (nSPS) is 28.5. The average molecular weight is 147 g/mol. The molecule has 0 radical (unpaired) electrons. The molecule has 0 heterocycles. The standard InChI is InChI=1S/C10H13N/c1-7-9-5-3-2-4-8(9)6-10(7)11/h2-5,7,10H,6,11H2,1H3/t7-,10-/m0/s1. The second kappa shape index (κ2) is 2.35. The lowest BCUT2D eigenvalue weighted by Gasteiger charge is -2.08. The zero-order valence-electron chi connectivity index (χ0n) is 6.75. The first-order chi connectivity index (χ1) is 5.29. The van der Waals surface area contributed by atoms with Crippen molar-refractivity contribution in [3.8, 4) is 0 Å². The summed E-state index contributed by atoms with van der Waals surface area (Å²) in [4.78, 5) is 0. The molecule has 0 saturated carbocycles. The Bertz CT molecular complexity index is 267. The number of nitrogens with two attached hydrogens (primary N) is 1. The molecule has 0 fully saturated rings. The molecule has 0 unspecified atom stereocenters. The van der Waals surface area contributed by atoms with Crippen molar-refractivity contribution in [2.75, 3.05) is 0 Å². The number of fused-ring (bicyclic) bond motifs is 1. The molecule has 11 heavy (non-hydrogen) atoms. The highest BCUT2D eigenvalue weighted by molar-refractivity contribution is 5.36. The van der Waals surface area contributed by atoms with Crippen LogP contribution in [0.3, 0.4) is 0 Å². The van der Waals surface area contributed by atoms with E-state index in [0.717, 1.165) is 6.42 Å². The Labute approximate surface area is 67.2 Å². The molecule has 1 nitrogen and oxygen atoms in total. The maximum Gasteiger partial charge on any atom is 0.0146 e. The van der Waals surface area contributed by atoms with Crippen LogP contribution in [-0.2, 0) is 6.42 Å². The van der Waals surface area contributed by atoms with E-state index < -0.39 is 0 Å². The third kappa shape index (κ3) is 0.962. The molecule has 0 aliphatic heterocycles. The average Bonchev–Trinajstić information content (AvgIpc) is 2.30. The summed E-state index contributed by atoms with van der Waals surface area (Å²) >= 11 is 0. The third-order valence-corrected chi connectivity index (χ3v) is 2.64. The molecule has 0 bridgehead atoms. The Morgan fingerprint density at radius 3 is 2.82 bits per heavy atom. The van der Waals surface area contributed by atoms with Crippen LogP contribution in [0, 0.1) is 0 Å². The third-order valence-electron chi connectivity index (χ3n) is 2.64. The van der Waals surface area contributed by atoms with Gasteiger partial charge < -0.3 is 5.73 Å². The summed E-state index contributed by atoms with van der Waals surface area (Å²) in [6.45, 7) is 2.20. The molecule has 2 atom stereocenters. The molecule has 1 aromatic rings. The number of benzene rings is 1. The molecule has 58 valence electrons. The fourth-order valence-corrected chi connectivity index (χ4v) is 1.83. The molecule has 0 aromatic heterocycles. The number of hydrogen-bond donors (Lipinski definition) is 1. The van der Waals surface area contributed by atoms with Crippen LogP contribution in [0.5, 0.6) is 0 Å². The fourth-order valence-electron chi connectivity index (χ4n) is 1.83. The smallest absolute Gasteiger partial charge is 0.0146 e. The van der Waals surface area contributed by atoms with E-state index in [-0.39, 0.29) is 0 Å².